The van der Waals surface area contributed by atoms with Crippen LogP contribution in [0.3, 0.4) is 0 Å². The first-order valence-electron chi connectivity index (χ1n) is 1.98. The van der Waals surface area contributed by atoms with Crippen molar-refractivity contribution in [1.82, 2.24) is 0 Å². The normalized spacial score (nSPS) is 5.40. The number of hydrogen-bond donors (Lipinski definition) is 0. The van der Waals surface area contributed by atoms with Gasteiger partial charge in [-0.3, -0.25) is 0 Å². The fourth-order valence-corrected chi connectivity index (χ4v) is 0.167. The van der Waals surface area contributed by atoms with E-state index in [9.17, 15) is 0 Å². The Morgan fingerprint density at radius 3 is 1.60 bits per heavy atom. The number of ether oxygens (including phenoxy) is 2. The van der Waals surface area contributed by atoms with Crippen LogP contribution in [0.4, 0.5) is 0 Å². The zero-order chi connectivity index (χ0) is 4.83. The van der Waals surface area contributed by atoms with Crippen molar-refractivity contribution in [1.29, 1.82) is 0 Å². The SMILES string of the molecule is C.C.C.CCOCOC.[Sn]. The Morgan fingerprint density at radius 1 is 1.10 bits per heavy atom. The number of hydrogen-bond acceptors (Lipinski definition) is 2. The van der Waals surface area contributed by atoms with E-state index in [4.69, 9.17) is 4.74 Å². The molecule has 66 valence electrons. The molecule has 0 aromatic carbocycles. The fourth-order valence-electron chi connectivity index (χ4n) is 0.167. The van der Waals surface area contributed by atoms with Gasteiger partial charge in [-0.1, -0.05) is 22.3 Å². The second-order valence-corrected chi connectivity index (χ2v) is 0.899. The molecule has 3 heteroatoms. The van der Waals surface area contributed by atoms with Crippen LogP contribution in [0.2, 0.25) is 0 Å². The first-order valence-corrected chi connectivity index (χ1v) is 1.98. The first-order chi connectivity index (χ1) is 2.91. The van der Waals surface area contributed by atoms with Gasteiger partial charge in [-0.15, -0.1) is 0 Å². The van der Waals surface area contributed by atoms with E-state index >= 15 is 0 Å². The molecule has 0 aliphatic rings. The van der Waals surface area contributed by atoms with E-state index < -0.39 is 0 Å². The summed E-state index contributed by atoms with van der Waals surface area (Å²) in [6, 6.07) is 0. The zero-order valence-electron chi connectivity index (χ0n) is 4.73. The molecule has 0 heterocycles. The minimum absolute atomic E-state index is 0. The maximum Gasteiger partial charge on any atom is 0.146 e. The molecule has 0 fully saturated rings. The van der Waals surface area contributed by atoms with Crippen LogP contribution >= 0.6 is 0 Å². The Kier molecular flexibility index (Phi) is 103. The molecule has 0 N–H and O–H groups in total. The van der Waals surface area contributed by atoms with Gasteiger partial charge >= 0.3 is 0 Å². The third-order valence-electron chi connectivity index (χ3n) is 0.405. The maximum absolute atomic E-state index is 4.76. The summed E-state index contributed by atoms with van der Waals surface area (Å²) in [4.78, 5) is 0. The fraction of sp³-hybridized carbons (Fsp3) is 1.00. The molecule has 0 aliphatic carbocycles. The summed E-state index contributed by atoms with van der Waals surface area (Å²) in [7, 11) is 1.61. The van der Waals surface area contributed by atoms with Crippen LogP contribution < -0.4 is 0 Å². The predicted octanol–water partition coefficient (Wildman–Crippen LogP) is 2.15. The predicted molar refractivity (Wildman–Crippen MR) is 49.4 cm³/mol. The topological polar surface area (TPSA) is 18.5 Å². The molecule has 2 nitrogen and oxygen atoms in total. The number of rotatable bonds is 3. The molecule has 0 aromatic rings. The second-order valence-electron chi connectivity index (χ2n) is 0.899. The van der Waals surface area contributed by atoms with Crippen LogP contribution in [0, 0.1) is 0 Å². The average molecular weight is 257 g/mol. The van der Waals surface area contributed by atoms with Crippen molar-refractivity contribution >= 4 is 23.9 Å². The summed E-state index contributed by atoms with van der Waals surface area (Å²) in [5.41, 5.74) is 0. The van der Waals surface area contributed by atoms with Crippen molar-refractivity contribution in [2.75, 3.05) is 20.5 Å². The molecular weight excluding hydrogens is 235 g/mol. The maximum atomic E-state index is 4.76. The van der Waals surface area contributed by atoms with Gasteiger partial charge in [-0.2, -0.15) is 0 Å². The molecule has 0 rings (SSSR count). The Balaban J connectivity index is -0.0000000208. The molecule has 4 radical (unpaired) electrons. The third-order valence-corrected chi connectivity index (χ3v) is 0.405. The minimum Gasteiger partial charge on any atom is -0.359 e. The molecule has 0 atom stereocenters. The Bertz CT molecular complexity index is 23.6. The van der Waals surface area contributed by atoms with E-state index in [1.807, 2.05) is 6.92 Å². The molecule has 0 saturated heterocycles. The summed E-state index contributed by atoms with van der Waals surface area (Å²) in [6.07, 6.45) is 0. The van der Waals surface area contributed by atoms with E-state index in [0.717, 1.165) is 6.61 Å². The first kappa shape index (κ1) is 31.0. The molecule has 0 aromatic heterocycles. The largest absolute Gasteiger partial charge is 0.359 e. The smallest absolute Gasteiger partial charge is 0.146 e. The Morgan fingerprint density at radius 2 is 1.50 bits per heavy atom. The van der Waals surface area contributed by atoms with Gasteiger partial charge < -0.3 is 9.47 Å². The van der Waals surface area contributed by atoms with Crippen LogP contribution in [0.25, 0.3) is 0 Å². The summed E-state index contributed by atoms with van der Waals surface area (Å²) in [5.74, 6) is 0. The van der Waals surface area contributed by atoms with Gasteiger partial charge in [-0.25, -0.2) is 0 Å². The van der Waals surface area contributed by atoms with Crippen LogP contribution in [-0.4, -0.2) is 44.4 Å². The van der Waals surface area contributed by atoms with Crippen molar-refractivity contribution in [3.8, 4) is 0 Å². The van der Waals surface area contributed by atoms with E-state index in [0.29, 0.717) is 6.79 Å². The van der Waals surface area contributed by atoms with Gasteiger partial charge in [0.05, 0.1) is 0 Å². The summed E-state index contributed by atoms with van der Waals surface area (Å²) >= 11 is 0. The molecular formula is C7H22O2Sn. The van der Waals surface area contributed by atoms with Crippen LogP contribution in [0.5, 0.6) is 0 Å². The zero-order valence-corrected chi connectivity index (χ0v) is 7.58. The summed E-state index contributed by atoms with van der Waals surface area (Å²) in [5, 5.41) is 0. The van der Waals surface area contributed by atoms with Gasteiger partial charge in [0, 0.05) is 37.6 Å². The third kappa shape index (κ3) is 37.6. The van der Waals surface area contributed by atoms with Gasteiger partial charge in [0.15, 0.2) is 0 Å². The van der Waals surface area contributed by atoms with E-state index in [2.05, 4.69) is 4.74 Å². The van der Waals surface area contributed by atoms with Crippen LogP contribution in [0.1, 0.15) is 29.2 Å². The number of methoxy groups -OCH3 is 1. The minimum atomic E-state index is 0. The molecule has 0 spiro atoms. The molecule has 0 saturated carbocycles. The summed E-state index contributed by atoms with van der Waals surface area (Å²) < 4.78 is 9.32. The molecule has 0 aliphatic heterocycles. The van der Waals surface area contributed by atoms with E-state index in [-0.39, 0.29) is 46.2 Å². The van der Waals surface area contributed by atoms with Gasteiger partial charge in [-0.05, 0) is 6.92 Å². The second kappa shape index (κ2) is 33.2. The standard InChI is InChI=1S/C4H10O2.3CH4.Sn/c1-3-6-4-5-2;;;;/h3-4H2,1-2H3;3*1H4;. The van der Waals surface area contributed by atoms with Gasteiger partial charge in [0.1, 0.15) is 6.79 Å². The monoisotopic (exact) mass is 258 g/mol. The van der Waals surface area contributed by atoms with Crippen LogP contribution in [0.15, 0.2) is 0 Å². The van der Waals surface area contributed by atoms with E-state index in [1.165, 1.54) is 0 Å². The van der Waals surface area contributed by atoms with Gasteiger partial charge in [0.25, 0.3) is 0 Å². The van der Waals surface area contributed by atoms with Crippen molar-refractivity contribution < 1.29 is 9.47 Å². The van der Waals surface area contributed by atoms with Crippen molar-refractivity contribution in [3.05, 3.63) is 0 Å². The average Bonchev–Trinajstić information content (AvgIpc) is 1.61. The Labute approximate surface area is 83.3 Å². The van der Waals surface area contributed by atoms with Crippen LogP contribution in [-0.2, 0) is 9.47 Å². The van der Waals surface area contributed by atoms with Crippen molar-refractivity contribution in [3.63, 3.8) is 0 Å². The van der Waals surface area contributed by atoms with E-state index in [1.54, 1.807) is 7.11 Å². The summed E-state index contributed by atoms with van der Waals surface area (Å²) in [6.45, 7) is 3.07. The van der Waals surface area contributed by atoms with Crippen molar-refractivity contribution in [2.24, 2.45) is 0 Å². The molecule has 0 amide bonds. The quantitative estimate of drug-likeness (QED) is 0.438. The molecule has 0 unspecified atom stereocenters. The molecule has 10 heavy (non-hydrogen) atoms. The van der Waals surface area contributed by atoms with Crippen molar-refractivity contribution in [2.45, 2.75) is 29.2 Å². The molecule has 0 bridgehead atoms. The Hall–Kier alpha value is 0.719. The van der Waals surface area contributed by atoms with Gasteiger partial charge in [0.2, 0.25) is 0 Å².